The maximum absolute atomic E-state index is 11.9. The third-order valence-corrected chi connectivity index (χ3v) is 3.96. The Balaban J connectivity index is 1.58. The molecule has 0 unspecified atom stereocenters. The van der Waals surface area contributed by atoms with Crippen LogP contribution >= 0.6 is 0 Å². The number of H-pyrrole nitrogens is 1. The summed E-state index contributed by atoms with van der Waals surface area (Å²) in [6, 6.07) is 7.44. The van der Waals surface area contributed by atoms with Gasteiger partial charge in [0.15, 0.2) is 0 Å². The van der Waals surface area contributed by atoms with E-state index in [0.29, 0.717) is 17.8 Å². The van der Waals surface area contributed by atoms with E-state index in [2.05, 4.69) is 21.4 Å². The molecule has 1 aliphatic carbocycles. The summed E-state index contributed by atoms with van der Waals surface area (Å²) in [5.74, 6) is 0.705. The lowest BCUT2D eigenvalue weighted by Gasteiger charge is -2.12. The number of aromatic nitrogens is 2. The molecule has 0 aliphatic heterocycles. The summed E-state index contributed by atoms with van der Waals surface area (Å²) < 4.78 is 0. The van der Waals surface area contributed by atoms with E-state index < -0.39 is 0 Å². The highest BCUT2D eigenvalue weighted by molar-refractivity contribution is 5.77. The first kappa shape index (κ1) is 14.0. The van der Waals surface area contributed by atoms with Gasteiger partial charge in [0.05, 0.1) is 17.4 Å². The van der Waals surface area contributed by atoms with E-state index in [1.165, 1.54) is 25.7 Å². The molecule has 0 amide bonds. The molecule has 0 saturated heterocycles. The number of nitrogens with one attached hydrogen (secondary N) is 2. The van der Waals surface area contributed by atoms with Crippen LogP contribution in [0, 0.1) is 0 Å². The fourth-order valence-electron chi connectivity index (χ4n) is 2.81. The summed E-state index contributed by atoms with van der Waals surface area (Å²) in [5.41, 5.74) is 2.26. The standard InChI is InChI=1S/C17H21N3O/c21-17-14-8-4-5-9-15(14)19-16(20-17)12-18-11-10-13-6-2-1-3-7-13/h4-6,8-9,18H,1-3,7,10-12H2,(H,19,20,21). The maximum atomic E-state index is 11.9. The molecule has 4 heteroatoms. The van der Waals surface area contributed by atoms with Crippen LogP contribution in [0.3, 0.4) is 0 Å². The molecular formula is C17H21N3O. The molecule has 0 atom stereocenters. The van der Waals surface area contributed by atoms with Crippen LogP contribution in [0.5, 0.6) is 0 Å². The zero-order valence-corrected chi connectivity index (χ0v) is 12.2. The van der Waals surface area contributed by atoms with Crippen LogP contribution in [-0.4, -0.2) is 16.5 Å². The molecule has 2 aromatic rings. The number of para-hydroxylation sites is 1. The Morgan fingerprint density at radius 1 is 1.24 bits per heavy atom. The molecule has 1 aliphatic rings. The Hall–Kier alpha value is -1.94. The largest absolute Gasteiger partial charge is 0.310 e. The Morgan fingerprint density at radius 3 is 3.00 bits per heavy atom. The average molecular weight is 283 g/mol. The first-order chi connectivity index (χ1) is 10.3. The first-order valence-electron chi connectivity index (χ1n) is 7.69. The molecule has 0 radical (unpaired) electrons. The van der Waals surface area contributed by atoms with Gasteiger partial charge >= 0.3 is 0 Å². The fraction of sp³-hybridized carbons (Fsp3) is 0.412. The van der Waals surface area contributed by atoms with Crippen molar-refractivity contribution < 1.29 is 0 Å². The average Bonchev–Trinajstić information content (AvgIpc) is 2.53. The van der Waals surface area contributed by atoms with Crippen molar-refractivity contribution >= 4 is 10.9 Å². The number of allylic oxidation sites excluding steroid dienone is 1. The second-order valence-electron chi connectivity index (χ2n) is 5.56. The highest BCUT2D eigenvalue weighted by Crippen LogP contribution is 2.19. The van der Waals surface area contributed by atoms with Gasteiger partial charge in [0, 0.05) is 0 Å². The molecule has 2 N–H and O–H groups in total. The Morgan fingerprint density at radius 2 is 2.14 bits per heavy atom. The molecule has 0 fully saturated rings. The predicted octanol–water partition coefficient (Wildman–Crippen LogP) is 2.90. The van der Waals surface area contributed by atoms with E-state index >= 15 is 0 Å². The fourth-order valence-corrected chi connectivity index (χ4v) is 2.81. The van der Waals surface area contributed by atoms with Crippen molar-refractivity contribution in [2.45, 2.75) is 38.6 Å². The minimum atomic E-state index is -0.0626. The summed E-state index contributed by atoms with van der Waals surface area (Å²) in [6.07, 6.45) is 8.60. The summed E-state index contributed by atoms with van der Waals surface area (Å²) in [7, 11) is 0. The molecule has 4 nitrogen and oxygen atoms in total. The topological polar surface area (TPSA) is 57.8 Å². The van der Waals surface area contributed by atoms with Crippen LogP contribution in [0.2, 0.25) is 0 Å². The molecule has 1 aromatic carbocycles. The van der Waals surface area contributed by atoms with Crippen molar-refractivity contribution in [1.82, 2.24) is 15.3 Å². The van der Waals surface area contributed by atoms with E-state index in [9.17, 15) is 4.79 Å². The van der Waals surface area contributed by atoms with Gasteiger partial charge in [-0.3, -0.25) is 4.79 Å². The normalized spacial score (nSPS) is 15.1. The van der Waals surface area contributed by atoms with Crippen LogP contribution in [-0.2, 0) is 6.54 Å². The number of hydrogen-bond acceptors (Lipinski definition) is 3. The van der Waals surface area contributed by atoms with Gasteiger partial charge in [0.25, 0.3) is 5.56 Å². The summed E-state index contributed by atoms with van der Waals surface area (Å²) >= 11 is 0. The second kappa shape index (κ2) is 6.68. The number of rotatable bonds is 5. The smallest absolute Gasteiger partial charge is 0.258 e. The molecule has 1 heterocycles. The van der Waals surface area contributed by atoms with Crippen molar-refractivity contribution in [2.75, 3.05) is 6.54 Å². The molecule has 1 aromatic heterocycles. The summed E-state index contributed by atoms with van der Waals surface area (Å²) in [6.45, 7) is 1.54. The third kappa shape index (κ3) is 3.58. The van der Waals surface area contributed by atoms with E-state index in [1.54, 1.807) is 11.6 Å². The summed E-state index contributed by atoms with van der Waals surface area (Å²) in [5, 5.41) is 4.01. The number of hydrogen-bond donors (Lipinski definition) is 2. The van der Waals surface area contributed by atoms with Gasteiger partial charge in [-0.15, -0.1) is 0 Å². The zero-order valence-electron chi connectivity index (χ0n) is 12.2. The molecule has 21 heavy (non-hydrogen) atoms. The van der Waals surface area contributed by atoms with E-state index in [1.807, 2.05) is 18.2 Å². The van der Waals surface area contributed by atoms with Gasteiger partial charge in [0.1, 0.15) is 5.82 Å². The molecule has 3 rings (SSSR count). The van der Waals surface area contributed by atoms with Gasteiger partial charge in [0.2, 0.25) is 0 Å². The number of aromatic amines is 1. The lowest BCUT2D eigenvalue weighted by Crippen LogP contribution is -2.20. The quantitative estimate of drug-likeness (QED) is 0.655. The second-order valence-corrected chi connectivity index (χ2v) is 5.56. The number of benzene rings is 1. The monoisotopic (exact) mass is 283 g/mol. The molecule has 0 spiro atoms. The van der Waals surface area contributed by atoms with Crippen LogP contribution in [0.1, 0.15) is 37.9 Å². The van der Waals surface area contributed by atoms with Crippen LogP contribution in [0.15, 0.2) is 40.7 Å². The van der Waals surface area contributed by atoms with Gasteiger partial charge in [-0.05, 0) is 50.8 Å². The van der Waals surface area contributed by atoms with Gasteiger partial charge in [-0.25, -0.2) is 4.98 Å². The summed E-state index contributed by atoms with van der Waals surface area (Å²) in [4.78, 5) is 19.3. The number of nitrogens with zero attached hydrogens (tertiary/aromatic N) is 1. The molecule has 0 bridgehead atoms. The van der Waals surface area contributed by atoms with Crippen molar-refractivity contribution in [3.8, 4) is 0 Å². The Kier molecular flexibility index (Phi) is 4.46. The lowest BCUT2D eigenvalue weighted by atomic mass is 9.97. The Bertz CT molecular complexity index is 702. The van der Waals surface area contributed by atoms with Gasteiger partial charge < -0.3 is 10.3 Å². The first-order valence-corrected chi connectivity index (χ1v) is 7.69. The minimum Gasteiger partial charge on any atom is -0.310 e. The zero-order chi connectivity index (χ0) is 14.5. The third-order valence-electron chi connectivity index (χ3n) is 3.96. The van der Waals surface area contributed by atoms with Gasteiger partial charge in [-0.2, -0.15) is 0 Å². The number of fused-ring (bicyclic) bond motifs is 1. The molecule has 110 valence electrons. The van der Waals surface area contributed by atoms with E-state index in [-0.39, 0.29) is 5.56 Å². The van der Waals surface area contributed by atoms with Crippen LogP contribution in [0.4, 0.5) is 0 Å². The van der Waals surface area contributed by atoms with Crippen LogP contribution in [0.25, 0.3) is 10.9 Å². The minimum absolute atomic E-state index is 0.0626. The van der Waals surface area contributed by atoms with Crippen molar-refractivity contribution in [2.24, 2.45) is 0 Å². The lowest BCUT2D eigenvalue weighted by molar-refractivity contribution is 0.621. The maximum Gasteiger partial charge on any atom is 0.258 e. The highest BCUT2D eigenvalue weighted by Gasteiger charge is 2.05. The molecular weight excluding hydrogens is 262 g/mol. The van der Waals surface area contributed by atoms with Crippen LogP contribution < -0.4 is 10.9 Å². The predicted molar refractivity (Wildman–Crippen MR) is 85.2 cm³/mol. The van der Waals surface area contributed by atoms with Crippen molar-refractivity contribution in [3.63, 3.8) is 0 Å². The van der Waals surface area contributed by atoms with Crippen molar-refractivity contribution in [1.29, 1.82) is 0 Å². The van der Waals surface area contributed by atoms with Gasteiger partial charge in [-0.1, -0.05) is 23.8 Å². The highest BCUT2D eigenvalue weighted by atomic mass is 16.1. The van der Waals surface area contributed by atoms with E-state index in [4.69, 9.17) is 0 Å². The van der Waals surface area contributed by atoms with Crippen molar-refractivity contribution in [3.05, 3.63) is 52.1 Å². The molecule has 0 saturated carbocycles. The van der Waals surface area contributed by atoms with E-state index in [0.717, 1.165) is 18.5 Å². The Labute approximate surface area is 124 Å². The SMILES string of the molecule is O=c1[nH]c(CNCCC2=CCCCC2)nc2ccccc12.